The fourth-order valence-electron chi connectivity index (χ4n) is 9.90. The predicted molar refractivity (Wildman–Crippen MR) is 132 cm³/mol. The summed E-state index contributed by atoms with van der Waals surface area (Å²) in [5.41, 5.74) is 1.09. The molecule has 0 aliphatic heterocycles. The van der Waals surface area contributed by atoms with Crippen LogP contribution in [0.3, 0.4) is 0 Å². The molecule has 5 rings (SSSR count). The van der Waals surface area contributed by atoms with Crippen molar-refractivity contribution in [2.45, 2.75) is 92.6 Å². The van der Waals surface area contributed by atoms with Gasteiger partial charge in [-0.3, -0.25) is 4.79 Å². The van der Waals surface area contributed by atoms with E-state index < -0.39 is 11.5 Å². The largest absolute Gasteiger partial charge is 0.396 e. The zero-order valence-electron chi connectivity index (χ0n) is 21.9. The second-order valence-corrected chi connectivity index (χ2v) is 14.1. The summed E-state index contributed by atoms with van der Waals surface area (Å²) < 4.78 is 0. The summed E-state index contributed by atoms with van der Waals surface area (Å²) >= 11 is 0. The van der Waals surface area contributed by atoms with Crippen LogP contribution in [0.5, 0.6) is 0 Å². The van der Waals surface area contributed by atoms with Gasteiger partial charge in [-0.25, -0.2) is 0 Å². The number of nitrogens with zero attached hydrogens (tertiary/aromatic N) is 1. The highest BCUT2D eigenvalue weighted by Gasteiger charge is 2.68. The van der Waals surface area contributed by atoms with E-state index in [0.29, 0.717) is 5.92 Å². The summed E-state index contributed by atoms with van der Waals surface area (Å²) in [4.78, 5) is 12.9. The van der Waals surface area contributed by atoms with E-state index in [1.807, 2.05) is 13.0 Å². The summed E-state index contributed by atoms with van der Waals surface area (Å²) in [6.07, 6.45) is 10.7. The highest BCUT2D eigenvalue weighted by molar-refractivity contribution is 6.02. The van der Waals surface area contributed by atoms with Gasteiger partial charge in [0.05, 0.1) is 11.7 Å². The number of Topliss-reactive ketones (excluding diaryl/α,β-unsaturated/α-hetero) is 1. The maximum absolute atomic E-state index is 12.9. The monoisotopic (exact) mass is 465 g/mol. The fourth-order valence-corrected chi connectivity index (χ4v) is 9.90. The van der Waals surface area contributed by atoms with Gasteiger partial charge in [0.25, 0.3) is 0 Å². The molecule has 0 amide bonds. The van der Waals surface area contributed by atoms with Gasteiger partial charge in [0.2, 0.25) is 0 Å². The lowest BCUT2D eigenvalue weighted by molar-refractivity contribution is -0.193. The van der Waals surface area contributed by atoms with E-state index >= 15 is 0 Å². The zero-order chi connectivity index (χ0) is 24.9. The minimum absolute atomic E-state index is 0.0237. The van der Waals surface area contributed by atoms with E-state index in [1.54, 1.807) is 0 Å². The Bertz CT molecular complexity index is 1020. The van der Waals surface area contributed by atoms with Gasteiger partial charge >= 0.3 is 0 Å². The Morgan fingerprint density at radius 2 is 1.74 bits per heavy atom. The van der Waals surface area contributed by atoms with Crippen molar-refractivity contribution in [3.05, 3.63) is 23.3 Å². The number of aliphatic hydroxyl groups excluding tert-OH is 2. The van der Waals surface area contributed by atoms with E-state index in [2.05, 4.69) is 46.8 Å². The average molecular weight is 466 g/mol. The number of aliphatic hydroxyl groups is 2. The SMILES string of the molecule is C[C@@H]1C(=O)C(C#N)=C[C@]2(C)C3=C[C@@H](O)C4C5CC(C)(C)CC[C@]5(CO)CC[C@@]4(C)[C@]3(C)CCC12. The van der Waals surface area contributed by atoms with E-state index in [4.69, 9.17) is 0 Å². The summed E-state index contributed by atoms with van der Waals surface area (Å²) in [5, 5.41) is 32.3. The van der Waals surface area contributed by atoms with Gasteiger partial charge in [0, 0.05) is 17.9 Å². The third kappa shape index (κ3) is 2.86. The van der Waals surface area contributed by atoms with Gasteiger partial charge in [-0.2, -0.15) is 5.26 Å². The quantitative estimate of drug-likeness (QED) is 0.494. The Balaban J connectivity index is 1.67. The molecule has 3 saturated carbocycles. The minimum atomic E-state index is -0.569. The number of fused-ring (bicyclic) bond motifs is 7. The number of nitriles is 1. The van der Waals surface area contributed by atoms with Crippen LogP contribution in [0, 0.1) is 62.1 Å². The molecule has 4 heteroatoms. The molecule has 3 unspecified atom stereocenters. The number of hydrogen-bond donors (Lipinski definition) is 2. The number of rotatable bonds is 1. The number of ketones is 1. The van der Waals surface area contributed by atoms with Gasteiger partial charge in [-0.15, -0.1) is 0 Å². The first kappa shape index (κ1) is 24.3. The molecule has 3 fully saturated rings. The van der Waals surface area contributed by atoms with Crippen LogP contribution in [0.25, 0.3) is 0 Å². The zero-order valence-corrected chi connectivity index (χ0v) is 21.9. The van der Waals surface area contributed by atoms with Crippen molar-refractivity contribution in [3.8, 4) is 6.07 Å². The molecule has 4 nitrogen and oxygen atoms in total. The Morgan fingerprint density at radius 1 is 1.06 bits per heavy atom. The van der Waals surface area contributed by atoms with Gasteiger partial charge < -0.3 is 10.2 Å². The maximum Gasteiger partial charge on any atom is 0.176 e. The van der Waals surface area contributed by atoms with Crippen LogP contribution in [-0.4, -0.2) is 28.7 Å². The van der Waals surface area contributed by atoms with Crippen LogP contribution in [0.4, 0.5) is 0 Å². The topological polar surface area (TPSA) is 81.3 Å². The normalized spacial score (nSPS) is 51.6. The molecule has 34 heavy (non-hydrogen) atoms. The Kier molecular flexibility index (Phi) is 5.21. The van der Waals surface area contributed by atoms with Gasteiger partial charge in [0.15, 0.2) is 5.78 Å². The molecule has 186 valence electrons. The van der Waals surface area contributed by atoms with E-state index in [-0.39, 0.29) is 57.4 Å². The highest BCUT2D eigenvalue weighted by Crippen LogP contribution is 2.74. The average Bonchev–Trinajstić information content (AvgIpc) is 2.77. The number of carbonyl (C=O) groups is 1. The molecule has 0 bridgehead atoms. The molecular formula is C30H43NO3. The van der Waals surface area contributed by atoms with Crippen molar-refractivity contribution < 1.29 is 15.0 Å². The lowest BCUT2D eigenvalue weighted by Gasteiger charge is -2.70. The fraction of sp³-hybridized carbons (Fsp3) is 0.800. The molecule has 0 spiro atoms. The molecule has 9 atom stereocenters. The number of carbonyl (C=O) groups excluding carboxylic acids is 1. The Morgan fingerprint density at radius 3 is 2.38 bits per heavy atom. The van der Waals surface area contributed by atoms with Crippen LogP contribution in [0.1, 0.15) is 86.5 Å². The summed E-state index contributed by atoms with van der Waals surface area (Å²) in [7, 11) is 0. The second kappa shape index (κ2) is 7.30. The summed E-state index contributed by atoms with van der Waals surface area (Å²) in [5.74, 6) is 0.378. The molecule has 0 aromatic carbocycles. The molecule has 0 aromatic rings. The second-order valence-electron chi connectivity index (χ2n) is 14.1. The van der Waals surface area contributed by atoms with Crippen LogP contribution >= 0.6 is 0 Å². The molecule has 0 radical (unpaired) electrons. The first-order chi connectivity index (χ1) is 15.8. The van der Waals surface area contributed by atoms with Crippen molar-refractivity contribution in [3.63, 3.8) is 0 Å². The first-order valence-corrected chi connectivity index (χ1v) is 13.5. The van der Waals surface area contributed by atoms with Crippen molar-refractivity contribution >= 4 is 5.78 Å². The van der Waals surface area contributed by atoms with Crippen molar-refractivity contribution in [2.24, 2.45) is 50.7 Å². The predicted octanol–water partition coefficient (Wildman–Crippen LogP) is 5.60. The third-order valence-electron chi connectivity index (χ3n) is 12.2. The molecule has 5 aliphatic rings. The van der Waals surface area contributed by atoms with Crippen molar-refractivity contribution in [2.75, 3.05) is 6.61 Å². The third-order valence-corrected chi connectivity index (χ3v) is 12.2. The number of allylic oxidation sites excluding steroid dienone is 3. The van der Waals surface area contributed by atoms with Gasteiger partial charge in [0.1, 0.15) is 6.07 Å². The molecule has 5 aliphatic carbocycles. The summed E-state index contributed by atoms with van der Waals surface area (Å²) in [6.45, 7) is 13.9. The standard InChI is InChI=1S/C30H43NO3/c1-18-20-7-8-28(5)23(27(20,4)14-19(16-31)25(18)34)13-22(33)24-21-15-26(2,3)9-11-30(21,17-32)12-10-29(24,28)6/h13-14,18,20-22,24,32-33H,7-12,15,17H2,1-6H3/t18-,20?,21?,22+,24?,27-,28+,29+,30+/m0/s1. The van der Waals surface area contributed by atoms with E-state index in [0.717, 1.165) is 44.9 Å². The molecule has 0 aromatic heterocycles. The Labute approximate surface area is 205 Å². The van der Waals surface area contributed by atoms with Crippen LogP contribution < -0.4 is 0 Å². The molecule has 0 saturated heterocycles. The Hall–Kier alpha value is -1.44. The van der Waals surface area contributed by atoms with Crippen molar-refractivity contribution in [1.82, 2.24) is 0 Å². The first-order valence-electron chi connectivity index (χ1n) is 13.5. The van der Waals surface area contributed by atoms with Crippen molar-refractivity contribution in [1.29, 1.82) is 5.26 Å². The van der Waals surface area contributed by atoms with Crippen LogP contribution in [-0.2, 0) is 4.79 Å². The highest BCUT2D eigenvalue weighted by atomic mass is 16.3. The van der Waals surface area contributed by atoms with E-state index in [9.17, 15) is 20.3 Å². The number of hydrogen-bond acceptors (Lipinski definition) is 4. The maximum atomic E-state index is 12.9. The van der Waals surface area contributed by atoms with Gasteiger partial charge in [-0.1, -0.05) is 59.3 Å². The van der Waals surface area contributed by atoms with Crippen LogP contribution in [0.15, 0.2) is 23.3 Å². The lowest BCUT2D eigenvalue weighted by Crippen LogP contribution is -2.65. The minimum Gasteiger partial charge on any atom is -0.396 e. The smallest absolute Gasteiger partial charge is 0.176 e. The summed E-state index contributed by atoms with van der Waals surface area (Å²) in [6, 6.07) is 2.18. The van der Waals surface area contributed by atoms with Gasteiger partial charge in [-0.05, 0) is 84.4 Å². The molecular weight excluding hydrogens is 422 g/mol. The van der Waals surface area contributed by atoms with Crippen LogP contribution in [0.2, 0.25) is 0 Å². The molecule has 0 heterocycles. The molecule has 2 N–H and O–H groups in total. The van der Waals surface area contributed by atoms with E-state index in [1.165, 1.54) is 5.57 Å². The lowest BCUT2D eigenvalue weighted by atomic mass is 9.34.